The van der Waals surface area contributed by atoms with Gasteiger partial charge in [0.05, 0.1) is 22.4 Å². The van der Waals surface area contributed by atoms with Crippen molar-refractivity contribution < 1.29 is 18.6 Å². The Labute approximate surface area is 215 Å². The topological polar surface area (TPSA) is 36.9 Å². The van der Waals surface area contributed by atoms with E-state index in [4.69, 9.17) is 18.6 Å². The molecule has 0 saturated carbocycles. The Morgan fingerprint density at radius 3 is 1.09 bits per heavy atom. The summed E-state index contributed by atoms with van der Waals surface area (Å²) in [6, 6.07) is 17.1. The zero-order valence-electron chi connectivity index (χ0n) is 24.1. The van der Waals surface area contributed by atoms with Crippen LogP contribution in [-0.4, -0.2) is 36.4 Å². The highest BCUT2D eigenvalue weighted by Gasteiger charge is 2.63. The molecule has 0 unspecified atom stereocenters. The first-order valence-corrected chi connectivity index (χ1v) is 12.8. The lowest BCUT2D eigenvalue weighted by Crippen LogP contribution is -2.41. The fourth-order valence-corrected chi connectivity index (χ4v) is 3.74. The Bertz CT molecular complexity index is 885. The van der Waals surface area contributed by atoms with Gasteiger partial charge in [-0.25, -0.2) is 0 Å². The van der Waals surface area contributed by atoms with Crippen molar-refractivity contribution in [3.63, 3.8) is 0 Å². The molecule has 192 valence electrons. The standard InChI is InChI=1S/C12H24B2O4.C9H12.C8H10/c1-9(2)10(3,4)16-13(15-9)14-17-11(5,6)12(7,8)18-14;1-3-9-6-4-5-8(2)7-9;1-7-4-3-5-8(2)6-7/h1-8H3;4-7H,3H2,1-2H3;3-6H,1-2H3. The first-order chi connectivity index (χ1) is 16.0. The molecular weight excluding hydrogens is 434 g/mol. The van der Waals surface area contributed by atoms with Crippen LogP contribution in [0.15, 0.2) is 48.5 Å². The van der Waals surface area contributed by atoms with Crippen LogP contribution in [0.25, 0.3) is 0 Å². The van der Waals surface area contributed by atoms with E-state index in [9.17, 15) is 0 Å². The van der Waals surface area contributed by atoms with Crippen molar-refractivity contribution in [1.82, 2.24) is 0 Å². The predicted octanol–water partition coefficient (Wildman–Crippen LogP) is 7.11. The fourth-order valence-electron chi connectivity index (χ4n) is 3.74. The van der Waals surface area contributed by atoms with Gasteiger partial charge in [-0.1, -0.05) is 72.1 Å². The molecule has 6 heteroatoms. The summed E-state index contributed by atoms with van der Waals surface area (Å²) in [7, 11) is -0.952. The van der Waals surface area contributed by atoms with E-state index in [1.54, 1.807) is 0 Å². The molecule has 0 bridgehead atoms. The molecule has 0 amide bonds. The first kappa shape index (κ1) is 29.6. The highest BCUT2D eigenvalue weighted by molar-refractivity contribution is 7.11. The molecule has 2 aromatic carbocycles. The van der Waals surface area contributed by atoms with E-state index in [0.717, 1.165) is 6.42 Å². The van der Waals surface area contributed by atoms with E-state index in [0.29, 0.717) is 0 Å². The number of hydrogen-bond acceptors (Lipinski definition) is 4. The Hall–Kier alpha value is -1.59. The molecule has 2 aliphatic heterocycles. The van der Waals surface area contributed by atoms with Gasteiger partial charge in [0.25, 0.3) is 0 Å². The number of benzene rings is 2. The molecule has 2 saturated heterocycles. The van der Waals surface area contributed by atoms with E-state index < -0.39 is 14.0 Å². The van der Waals surface area contributed by atoms with Crippen molar-refractivity contribution in [1.29, 1.82) is 0 Å². The first-order valence-electron chi connectivity index (χ1n) is 12.8. The van der Waals surface area contributed by atoms with E-state index >= 15 is 0 Å². The third-order valence-electron chi connectivity index (χ3n) is 7.43. The third-order valence-corrected chi connectivity index (χ3v) is 7.43. The minimum atomic E-state index is -0.476. The average molecular weight is 480 g/mol. The normalized spacial score (nSPS) is 21.0. The largest absolute Gasteiger partial charge is 0.488 e. The molecular formula is C29H46B2O4. The Balaban J connectivity index is 0.000000211. The van der Waals surface area contributed by atoms with Gasteiger partial charge in [-0.2, -0.15) is 0 Å². The van der Waals surface area contributed by atoms with Crippen molar-refractivity contribution in [2.24, 2.45) is 0 Å². The minimum absolute atomic E-state index is 0.360. The Kier molecular flexibility index (Phi) is 9.49. The molecule has 0 aliphatic carbocycles. The summed E-state index contributed by atoms with van der Waals surface area (Å²) in [6.07, 6.45) is 1.14. The van der Waals surface area contributed by atoms with Crippen LogP contribution in [0.1, 0.15) is 84.6 Å². The van der Waals surface area contributed by atoms with Crippen LogP contribution in [-0.2, 0) is 25.0 Å². The van der Waals surface area contributed by atoms with Crippen molar-refractivity contribution >= 4 is 14.0 Å². The Morgan fingerprint density at radius 1 is 0.543 bits per heavy atom. The van der Waals surface area contributed by atoms with Crippen molar-refractivity contribution in [2.75, 3.05) is 0 Å². The van der Waals surface area contributed by atoms with Crippen LogP contribution in [0.5, 0.6) is 0 Å². The number of aryl methyl sites for hydroxylation is 4. The molecule has 0 atom stereocenters. The molecule has 0 N–H and O–H groups in total. The molecule has 0 spiro atoms. The van der Waals surface area contributed by atoms with Gasteiger partial charge in [-0.15, -0.1) is 0 Å². The molecule has 2 fully saturated rings. The van der Waals surface area contributed by atoms with E-state index in [-0.39, 0.29) is 22.4 Å². The van der Waals surface area contributed by atoms with Gasteiger partial charge in [0, 0.05) is 0 Å². The molecule has 2 aliphatic rings. The minimum Gasteiger partial charge on any atom is -0.405 e. The number of hydrogen-bond donors (Lipinski definition) is 0. The second-order valence-corrected chi connectivity index (χ2v) is 11.8. The van der Waals surface area contributed by atoms with Crippen LogP contribution in [0.2, 0.25) is 0 Å². The van der Waals surface area contributed by atoms with Crippen LogP contribution < -0.4 is 0 Å². The maximum absolute atomic E-state index is 5.96. The molecule has 0 radical (unpaired) electrons. The van der Waals surface area contributed by atoms with Crippen molar-refractivity contribution in [3.8, 4) is 0 Å². The summed E-state index contributed by atoms with van der Waals surface area (Å²) in [5.74, 6) is 0. The molecule has 2 heterocycles. The molecule has 35 heavy (non-hydrogen) atoms. The van der Waals surface area contributed by atoms with Crippen LogP contribution in [0.3, 0.4) is 0 Å². The van der Waals surface area contributed by atoms with Gasteiger partial charge < -0.3 is 18.6 Å². The lowest BCUT2D eigenvalue weighted by molar-refractivity contribution is 0.00578. The van der Waals surface area contributed by atoms with E-state index in [1.807, 2.05) is 55.4 Å². The van der Waals surface area contributed by atoms with Crippen LogP contribution >= 0.6 is 0 Å². The zero-order valence-corrected chi connectivity index (χ0v) is 24.1. The predicted molar refractivity (Wildman–Crippen MR) is 149 cm³/mol. The summed E-state index contributed by atoms with van der Waals surface area (Å²) in [6.45, 7) is 24.7. The SMILES string of the molecule is CC1(C)OB(B2OC(C)(C)C(C)(C)O2)OC1(C)C.CCc1cccc(C)c1.Cc1cccc(C)c1. The van der Waals surface area contributed by atoms with Gasteiger partial charge in [-0.05, 0) is 88.1 Å². The lowest BCUT2D eigenvalue weighted by Gasteiger charge is -2.32. The maximum Gasteiger partial charge on any atom is 0.488 e. The summed E-state index contributed by atoms with van der Waals surface area (Å²) in [5, 5.41) is 0. The van der Waals surface area contributed by atoms with Gasteiger partial charge in [0.15, 0.2) is 0 Å². The van der Waals surface area contributed by atoms with Crippen molar-refractivity contribution in [3.05, 3.63) is 70.8 Å². The van der Waals surface area contributed by atoms with Gasteiger partial charge in [0.2, 0.25) is 0 Å². The second-order valence-electron chi connectivity index (χ2n) is 11.8. The van der Waals surface area contributed by atoms with E-state index in [1.165, 1.54) is 22.3 Å². The van der Waals surface area contributed by atoms with Crippen LogP contribution in [0, 0.1) is 20.8 Å². The summed E-state index contributed by atoms with van der Waals surface area (Å²) < 4.78 is 23.8. The van der Waals surface area contributed by atoms with Gasteiger partial charge in [-0.3, -0.25) is 0 Å². The number of rotatable bonds is 2. The molecule has 4 nitrogen and oxygen atoms in total. The molecule has 0 aromatic heterocycles. The van der Waals surface area contributed by atoms with E-state index in [2.05, 4.69) is 76.2 Å². The molecule has 4 rings (SSSR count). The Morgan fingerprint density at radius 2 is 0.857 bits per heavy atom. The van der Waals surface area contributed by atoms with Crippen LogP contribution in [0.4, 0.5) is 0 Å². The molecule has 2 aromatic rings. The monoisotopic (exact) mass is 480 g/mol. The zero-order chi connectivity index (χ0) is 26.7. The summed E-state index contributed by atoms with van der Waals surface area (Å²) in [5.41, 5.74) is 4.02. The van der Waals surface area contributed by atoms with Gasteiger partial charge >= 0.3 is 14.0 Å². The summed E-state index contributed by atoms with van der Waals surface area (Å²) >= 11 is 0. The third kappa shape index (κ3) is 7.69. The average Bonchev–Trinajstić information content (AvgIpc) is 3.08. The highest BCUT2D eigenvalue weighted by Crippen LogP contribution is 2.42. The summed E-state index contributed by atoms with van der Waals surface area (Å²) in [4.78, 5) is 0. The highest BCUT2D eigenvalue weighted by atomic mass is 16.7. The quantitative estimate of drug-likeness (QED) is 0.430. The fraction of sp³-hybridized carbons (Fsp3) is 0.586. The second kappa shape index (κ2) is 11.2. The maximum atomic E-state index is 5.96. The van der Waals surface area contributed by atoms with Crippen molar-refractivity contribution in [2.45, 2.75) is 112 Å². The lowest BCUT2D eigenvalue weighted by atomic mass is 9.49. The smallest absolute Gasteiger partial charge is 0.405 e. The van der Waals surface area contributed by atoms with Gasteiger partial charge in [0.1, 0.15) is 0 Å².